The highest BCUT2D eigenvalue weighted by Gasteiger charge is 2.29. The molecule has 6 nitrogen and oxygen atoms in total. The summed E-state index contributed by atoms with van der Waals surface area (Å²) >= 11 is 1.58. The van der Waals surface area contributed by atoms with Crippen LogP contribution in [0.1, 0.15) is 45.8 Å². The van der Waals surface area contributed by atoms with E-state index >= 15 is 0 Å². The van der Waals surface area contributed by atoms with Crippen LogP contribution in [0, 0.1) is 0 Å². The van der Waals surface area contributed by atoms with Crippen molar-refractivity contribution in [1.82, 2.24) is 5.32 Å². The molecular weight excluding hydrogens is 330 g/mol. The zero-order valence-corrected chi connectivity index (χ0v) is 14.4. The van der Waals surface area contributed by atoms with Crippen LogP contribution in [0.15, 0.2) is 6.07 Å². The minimum absolute atomic E-state index is 0.118. The number of rotatable bonds is 5. The molecule has 1 aliphatic heterocycles. The number of thiophene rings is 1. The highest BCUT2D eigenvalue weighted by atomic mass is 32.1. The van der Waals surface area contributed by atoms with Crippen LogP contribution in [0.25, 0.3) is 0 Å². The summed E-state index contributed by atoms with van der Waals surface area (Å²) in [6.07, 6.45) is 6.00. The van der Waals surface area contributed by atoms with E-state index in [-0.39, 0.29) is 24.7 Å². The van der Waals surface area contributed by atoms with E-state index in [1.54, 1.807) is 11.3 Å². The largest absolute Gasteiger partial charge is 0.480 e. The second kappa shape index (κ2) is 8.09. The van der Waals surface area contributed by atoms with Crippen molar-refractivity contribution in [2.75, 3.05) is 19.8 Å². The van der Waals surface area contributed by atoms with Crippen molar-refractivity contribution in [3.8, 4) is 0 Å². The summed E-state index contributed by atoms with van der Waals surface area (Å²) in [5.74, 6) is -1.12. The molecule has 2 heterocycles. The first kappa shape index (κ1) is 17.4. The Morgan fingerprint density at radius 2 is 2.17 bits per heavy atom. The lowest BCUT2D eigenvalue weighted by atomic mass is 10.1. The number of ether oxygens (including phenoxy) is 2. The van der Waals surface area contributed by atoms with Gasteiger partial charge in [-0.3, -0.25) is 4.79 Å². The molecule has 1 aromatic heterocycles. The summed E-state index contributed by atoms with van der Waals surface area (Å²) in [7, 11) is 0. The van der Waals surface area contributed by atoms with Crippen LogP contribution in [0.5, 0.6) is 0 Å². The van der Waals surface area contributed by atoms with Crippen molar-refractivity contribution in [3.63, 3.8) is 0 Å². The molecule has 132 valence electrons. The molecule has 0 spiro atoms. The Kier molecular flexibility index (Phi) is 5.86. The highest BCUT2D eigenvalue weighted by molar-refractivity contribution is 7.14. The normalized spacial score (nSPS) is 24.0. The second-order valence-electron chi connectivity index (χ2n) is 6.31. The molecule has 2 atom stereocenters. The lowest BCUT2D eigenvalue weighted by Crippen LogP contribution is -2.50. The van der Waals surface area contributed by atoms with Crippen LogP contribution in [-0.2, 0) is 27.1 Å². The predicted octanol–water partition coefficient (Wildman–Crippen LogP) is 2.01. The zero-order valence-electron chi connectivity index (χ0n) is 13.6. The fourth-order valence-corrected chi connectivity index (χ4v) is 4.41. The van der Waals surface area contributed by atoms with Crippen molar-refractivity contribution >= 4 is 23.2 Å². The van der Waals surface area contributed by atoms with Gasteiger partial charge in [0.05, 0.1) is 23.6 Å². The molecule has 1 amide bonds. The summed E-state index contributed by atoms with van der Waals surface area (Å²) < 4.78 is 10.8. The van der Waals surface area contributed by atoms with Crippen molar-refractivity contribution in [2.45, 2.75) is 50.7 Å². The third-order valence-electron chi connectivity index (χ3n) is 4.50. The Hall–Kier alpha value is -1.44. The van der Waals surface area contributed by atoms with Crippen molar-refractivity contribution in [2.24, 2.45) is 0 Å². The van der Waals surface area contributed by atoms with E-state index in [1.165, 1.54) is 29.7 Å². The van der Waals surface area contributed by atoms with Gasteiger partial charge in [-0.1, -0.05) is 6.42 Å². The molecule has 0 radical (unpaired) electrons. The number of carboxylic acids is 1. The maximum absolute atomic E-state index is 12.6. The molecule has 0 bridgehead atoms. The Bertz CT molecular complexity index is 576. The van der Waals surface area contributed by atoms with Crippen LogP contribution < -0.4 is 5.32 Å². The van der Waals surface area contributed by atoms with Gasteiger partial charge in [-0.05, 0) is 43.7 Å². The van der Waals surface area contributed by atoms with Gasteiger partial charge >= 0.3 is 5.97 Å². The number of hydrogen-bond acceptors (Lipinski definition) is 5. The van der Waals surface area contributed by atoms with E-state index in [1.807, 2.05) is 6.07 Å². The monoisotopic (exact) mass is 353 g/mol. The first-order chi connectivity index (χ1) is 11.6. The topological polar surface area (TPSA) is 84.9 Å². The molecule has 0 saturated carbocycles. The van der Waals surface area contributed by atoms with Gasteiger partial charge < -0.3 is 19.9 Å². The molecule has 1 aromatic rings. The summed E-state index contributed by atoms with van der Waals surface area (Å²) in [5, 5.41) is 11.7. The maximum Gasteiger partial charge on any atom is 0.329 e. The van der Waals surface area contributed by atoms with Crippen molar-refractivity contribution < 1.29 is 24.2 Å². The quantitative estimate of drug-likeness (QED) is 0.791. The molecule has 1 fully saturated rings. The van der Waals surface area contributed by atoms with E-state index < -0.39 is 5.97 Å². The molecule has 3 rings (SSSR count). The van der Waals surface area contributed by atoms with Crippen LogP contribution in [-0.4, -0.2) is 48.9 Å². The molecule has 0 unspecified atom stereocenters. The van der Waals surface area contributed by atoms with Gasteiger partial charge in [0.1, 0.15) is 6.61 Å². The number of amides is 1. The number of nitrogens with one attached hydrogen (secondary N) is 1. The number of carbonyl (C=O) groups excluding carboxylic acids is 1. The van der Waals surface area contributed by atoms with Crippen LogP contribution in [0.2, 0.25) is 0 Å². The van der Waals surface area contributed by atoms with Gasteiger partial charge in [0, 0.05) is 11.5 Å². The standard InChI is InChI=1S/C17H23NO5S/c19-16(20)10-23-13-6-7-22-9-12(13)18-17(21)15-8-11-4-2-1-3-5-14(11)24-15/h8,12-13H,1-7,9-10H2,(H,18,21)(H,19,20)/t12-,13+/m0/s1. The molecular formula is C17H23NO5S. The zero-order chi connectivity index (χ0) is 16.9. The fourth-order valence-electron chi connectivity index (χ4n) is 3.25. The Morgan fingerprint density at radius 1 is 1.33 bits per heavy atom. The number of carbonyl (C=O) groups is 2. The average Bonchev–Trinajstić information content (AvgIpc) is 2.85. The van der Waals surface area contributed by atoms with Gasteiger partial charge in [0.15, 0.2) is 0 Å². The smallest absolute Gasteiger partial charge is 0.329 e. The minimum atomic E-state index is -1.01. The Balaban J connectivity index is 1.63. The lowest BCUT2D eigenvalue weighted by molar-refractivity contribution is -0.147. The first-order valence-electron chi connectivity index (χ1n) is 8.47. The van der Waals surface area contributed by atoms with Crippen LogP contribution in [0.3, 0.4) is 0 Å². The van der Waals surface area contributed by atoms with Crippen molar-refractivity contribution in [3.05, 3.63) is 21.4 Å². The van der Waals surface area contributed by atoms with E-state index in [9.17, 15) is 9.59 Å². The molecule has 24 heavy (non-hydrogen) atoms. The van der Waals surface area contributed by atoms with E-state index in [0.29, 0.717) is 19.6 Å². The summed E-state index contributed by atoms with van der Waals surface area (Å²) in [4.78, 5) is 25.3. The van der Waals surface area contributed by atoms with E-state index in [2.05, 4.69) is 5.32 Å². The highest BCUT2D eigenvalue weighted by Crippen LogP contribution is 2.29. The number of aliphatic carboxylic acids is 1. The summed E-state index contributed by atoms with van der Waals surface area (Å²) in [6.45, 7) is 0.509. The van der Waals surface area contributed by atoms with Gasteiger partial charge in [-0.15, -0.1) is 11.3 Å². The lowest BCUT2D eigenvalue weighted by Gasteiger charge is -2.31. The van der Waals surface area contributed by atoms with E-state index in [0.717, 1.165) is 17.7 Å². The number of carboxylic acid groups (broad SMARTS) is 1. The number of hydrogen-bond donors (Lipinski definition) is 2. The van der Waals surface area contributed by atoms with Crippen LogP contribution in [0.4, 0.5) is 0 Å². The van der Waals surface area contributed by atoms with Crippen LogP contribution >= 0.6 is 11.3 Å². The Morgan fingerprint density at radius 3 is 3.00 bits per heavy atom. The fraction of sp³-hybridized carbons (Fsp3) is 0.647. The first-order valence-corrected chi connectivity index (χ1v) is 9.28. The SMILES string of the molecule is O=C(O)CO[C@@H]1CCOC[C@@H]1NC(=O)c1cc2c(s1)CCCCC2. The third kappa shape index (κ3) is 4.34. The van der Waals surface area contributed by atoms with Gasteiger partial charge in [-0.2, -0.15) is 0 Å². The molecule has 2 aliphatic rings. The van der Waals surface area contributed by atoms with Gasteiger partial charge in [0.25, 0.3) is 5.91 Å². The molecule has 1 saturated heterocycles. The molecule has 2 N–H and O–H groups in total. The number of aryl methyl sites for hydroxylation is 2. The Labute approximate surface area is 145 Å². The number of fused-ring (bicyclic) bond motifs is 1. The van der Waals surface area contributed by atoms with E-state index in [4.69, 9.17) is 14.6 Å². The second-order valence-corrected chi connectivity index (χ2v) is 7.44. The minimum Gasteiger partial charge on any atom is -0.480 e. The predicted molar refractivity (Wildman–Crippen MR) is 89.6 cm³/mol. The third-order valence-corrected chi connectivity index (χ3v) is 5.74. The summed E-state index contributed by atoms with van der Waals surface area (Å²) in [5.41, 5.74) is 1.31. The molecule has 1 aliphatic carbocycles. The van der Waals surface area contributed by atoms with Gasteiger partial charge in [0.2, 0.25) is 0 Å². The molecule has 7 heteroatoms. The van der Waals surface area contributed by atoms with Gasteiger partial charge in [-0.25, -0.2) is 4.79 Å². The van der Waals surface area contributed by atoms with Crippen molar-refractivity contribution in [1.29, 1.82) is 0 Å². The average molecular weight is 353 g/mol. The molecule has 0 aromatic carbocycles. The summed E-state index contributed by atoms with van der Waals surface area (Å²) in [6, 6.07) is 1.70. The maximum atomic E-state index is 12.6.